The number of benzene rings is 11. The largest absolute Gasteiger partial charge is 0.456 e. The number of fused-ring (bicyclic) bond motifs is 16. The van der Waals surface area contributed by atoms with Crippen molar-refractivity contribution in [1.82, 2.24) is 15.0 Å². The summed E-state index contributed by atoms with van der Waals surface area (Å²) >= 11 is 0. The van der Waals surface area contributed by atoms with Gasteiger partial charge in [0.25, 0.3) is 0 Å². The van der Waals surface area contributed by atoms with Crippen LogP contribution in [0, 0.1) is 0 Å². The summed E-state index contributed by atoms with van der Waals surface area (Å²) in [5.74, 6) is 1.63. The summed E-state index contributed by atoms with van der Waals surface area (Å²) in [6.45, 7) is 0. The lowest BCUT2D eigenvalue weighted by atomic mass is 9.68. The first-order valence-electron chi connectivity index (χ1n) is 25.5. The van der Waals surface area contributed by atoms with E-state index < -0.39 is 5.41 Å². The number of aromatic nitrogens is 3. The summed E-state index contributed by atoms with van der Waals surface area (Å²) in [5.41, 5.74) is 22.6. The highest BCUT2D eigenvalue weighted by Crippen LogP contribution is 2.64. The van der Waals surface area contributed by atoms with E-state index in [2.05, 4.69) is 200 Å². The molecule has 0 bridgehead atoms. The topological polar surface area (TPSA) is 65.0 Å². The molecule has 2 aliphatic rings. The van der Waals surface area contributed by atoms with Crippen LogP contribution in [0.5, 0.6) is 0 Å². The SMILES string of the molecule is c1ccc(-c2ccc(-c3nc(-c4cccc5c4oc4ccccc45)nc(-c4cccc5oc6ccc(-c7ccc(-c8cccc9c8C8(c%10ccccc%10-c%10ccccc%108)c8ccccc8-9)cc7)cc6c45)n3)cc2)cc1. The molecule has 3 aromatic heterocycles. The third-order valence-corrected chi connectivity index (χ3v) is 15.8. The lowest BCUT2D eigenvalue weighted by Crippen LogP contribution is -2.26. The van der Waals surface area contributed by atoms with Gasteiger partial charge < -0.3 is 8.83 Å². The van der Waals surface area contributed by atoms with E-state index in [4.69, 9.17) is 23.8 Å². The van der Waals surface area contributed by atoms with E-state index in [1.54, 1.807) is 0 Å². The van der Waals surface area contributed by atoms with Crippen LogP contribution < -0.4 is 0 Å². The van der Waals surface area contributed by atoms with Gasteiger partial charge in [-0.3, -0.25) is 0 Å². The van der Waals surface area contributed by atoms with Crippen molar-refractivity contribution in [2.24, 2.45) is 0 Å². The van der Waals surface area contributed by atoms with Crippen molar-refractivity contribution in [2.45, 2.75) is 5.41 Å². The quantitative estimate of drug-likeness (QED) is 0.166. The van der Waals surface area contributed by atoms with Crippen LogP contribution in [0.15, 0.2) is 258 Å². The van der Waals surface area contributed by atoms with Crippen molar-refractivity contribution in [2.75, 3.05) is 0 Å². The maximum atomic E-state index is 6.64. The molecular weight excluding hydrogens is 915 g/mol. The van der Waals surface area contributed by atoms with E-state index in [1.807, 2.05) is 48.5 Å². The van der Waals surface area contributed by atoms with Gasteiger partial charge in [0.1, 0.15) is 22.3 Å². The van der Waals surface area contributed by atoms with Gasteiger partial charge in [0.2, 0.25) is 0 Å². The van der Waals surface area contributed by atoms with E-state index >= 15 is 0 Å². The fourth-order valence-electron chi connectivity index (χ4n) is 12.5. The van der Waals surface area contributed by atoms with E-state index in [0.29, 0.717) is 17.5 Å². The molecule has 0 aliphatic heterocycles. The number of nitrogens with zero attached hydrogens (tertiary/aromatic N) is 3. The summed E-state index contributed by atoms with van der Waals surface area (Å²) in [7, 11) is 0. The van der Waals surface area contributed by atoms with Crippen LogP contribution >= 0.6 is 0 Å². The molecule has 2 aliphatic carbocycles. The molecule has 5 nitrogen and oxygen atoms in total. The minimum Gasteiger partial charge on any atom is -0.456 e. The zero-order valence-electron chi connectivity index (χ0n) is 40.3. The van der Waals surface area contributed by atoms with Crippen LogP contribution in [-0.4, -0.2) is 15.0 Å². The van der Waals surface area contributed by atoms with Crippen molar-refractivity contribution in [3.63, 3.8) is 0 Å². The molecule has 0 N–H and O–H groups in total. The summed E-state index contributed by atoms with van der Waals surface area (Å²) in [6, 6.07) is 88.7. The second-order valence-electron chi connectivity index (χ2n) is 19.7. The molecule has 0 radical (unpaired) electrons. The van der Waals surface area contributed by atoms with Crippen molar-refractivity contribution in [3.8, 4) is 89.8 Å². The zero-order chi connectivity index (χ0) is 49.2. The first-order valence-corrected chi connectivity index (χ1v) is 25.5. The molecule has 16 rings (SSSR count). The van der Waals surface area contributed by atoms with E-state index in [0.717, 1.165) is 82.8 Å². The molecule has 11 aromatic carbocycles. The average Bonchev–Trinajstić information content (AvgIpc) is 4.38. The Balaban J connectivity index is 0.829. The fourth-order valence-corrected chi connectivity index (χ4v) is 12.5. The Bertz CT molecular complexity index is 4580. The molecule has 0 amide bonds. The third-order valence-electron chi connectivity index (χ3n) is 15.8. The molecule has 3 heterocycles. The molecule has 0 atom stereocenters. The molecule has 0 saturated heterocycles. The first kappa shape index (κ1) is 41.6. The monoisotopic (exact) mass is 955 g/mol. The second-order valence-corrected chi connectivity index (χ2v) is 19.7. The maximum absolute atomic E-state index is 6.64. The predicted octanol–water partition coefficient (Wildman–Crippen LogP) is 18.0. The Morgan fingerprint density at radius 3 is 1.48 bits per heavy atom. The molecule has 0 fully saturated rings. The van der Waals surface area contributed by atoms with Gasteiger partial charge in [0.15, 0.2) is 17.5 Å². The Morgan fingerprint density at radius 2 is 0.733 bits per heavy atom. The van der Waals surface area contributed by atoms with Gasteiger partial charge in [-0.05, 0) is 108 Å². The highest BCUT2D eigenvalue weighted by Gasteiger charge is 2.52. The Morgan fingerprint density at radius 1 is 0.267 bits per heavy atom. The summed E-state index contributed by atoms with van der Waals surface area (Å²) in [6.07, 6.45) is 0. The van der Waals surface area contributed by atoms with Crippen LogP contribution in [-0.2, 0) is 5.41 Å². The van der Waals surface area contributed by atoms with Gasteiger partial charge >= 0.3 is 0 Å². The lowest BCUT2D eigenvalue weighted by molar-refractivity contribution is 0.668. The van der Waals surface area contributed by atoms with Gasteiger partial charge in [-0.25, -0.2) is 15.0 Å². The van der Waals surface area contributed by atoms with Crippen molar-refractivity contribution in [1.29, 1.82) is 0 Å². The summed E-state index contributed by atoms with van der Waals surface area (Å²) in [4.78, 5) is 15.8. The predicted molar refractivity (Wildman–Crippen MR) is 303 cm³/mol. The summed E-state index contributed by atoms with van der Waals surface area (Å²) in [5, 5.41) is 3.98. The smallest absolute Gasteiger partial charge is 0.167 e. The standard InChI is InChI=1S/C70H41N3O2/c1-2-15-42(16-3-1)43-33-37-46(38-34-43)67-71-68(73-69(72-67)56-25-13-23-54-52-20-7-11-29-61(52)75-66(54)56)55-24-14-30-63-64(55)57-41-47(39-40-62(57)74-63)44-31-35-45(36-32-44)48-21-12-22-53-51-19-6-10-28-60(51)70(65(48)53)58-26-8-4-17-49(58)50-18-5-9-27-59(50)70/h1-41H. The Labute approximate surface area is 431 Å². The maximum Gasteiger partial charge on any atom is 0.167 e. The number of hydrogen-bond donors (Lipinski definition) is 0. The van der Waals surface area contributed by atoms with Gasteiger partial charge in [-0.1, -0.05) is 218 Å². The van der Waals surface area contributed by atoms with Gasteiger partial charge in [0, 0.05) is 32.7 Å². The molecule has 0 unspecified atom stereocenters. The Hall–Kier alpha value is -9.97. The third kappa shape index (κ3) is 6.10. The average molecular weight is 956 g/mol. The molecule has 348 valence electrons. The van der Waals surface area contributed by atoms with E-state index in [1.165, 1.54) is 55.6 Å². The minimum absolute atomic E-state index is 0.437. The second kappa shape index (κ2) is 16.0. The molecule has 5 heteroatoms. The van der Waals surface area contributed by atoms with E-state index in [-0.39, 0.29) is 0 Å². The van der Waals surface area contributed by atoms with Crippen LogP contribution in [0.4, 0.5) is 0 Å². The van der Waals surface area contributed by atoms with Crippen molar-refractivity contribution in [3.05, 3.63) is 271 Å². The first-order chi connectivity index (χ1) is 37.2. The van der Waals surface area contributed by atoms with Gasteiger partial charge in [-0.2, -0.15) is 0 Å². The van der Waals surface area contributed by atoms with Crippen LogP contribution in [0.1, 0.15) is 22.3 Å². The summed E-state index contributed by atoms with van der Waals surface area (Å²) < 4.78 is 13.2. The van der Waals surface area contributed by atoms with Crippen LogP contribution in [0.3, 0.4) is 0 Å². The lowest BCUT2D eigenvalue weighted by Gasteiger charge is -2.32. The molecule has 14 aromatic rings. The number of furan rings is 2. The molecule has 75 heavy (non-hydrogen) atoms. The minimum atomic E-state index is -0.437. The van der Waals surface area contributed by atoms with Crippen molar-refractivity contribution < 1.29 is 8.83 Å². The Kier molecular flexibility index (Phi) is 8.89. The van der Waals surface area contributed by atoms with Crippen LogP contribution in [0.25, 0.3) is 134 Å². The molecular formula is C70H41N3O2. The van der Waals surface area contributed by atoms with Crippen LogP contribution in [0.2, 0.25) is 0 Å². The van der Waals surface area contributed by atoms with E-state index in [9.17, 15) is 0 Å². The van der Waals surface area contributed by atoms with Crippen molar-refractivity contribution >= 4 is 43.9 Å². The highest BCUT2D eigenvalue weighted by molar-refractivity contribution is 6.13. The number of hydrogen-bond acceptors (Lipinski definition) is 5. The fraction of sp³-hybridized carbons (Fsp3) is 0.0143. The number of para-hydroxylation sites is 2. The number of rotatable bonds is 6. The van der Waals surface area contributed by atoms with Gasteiger partial charge in [0.05, 0.1) is 11.0 Å². The normalized spacial score (nSPS) is 12.9. The highest BCUT2D eigenvalue weighted by atomic mass is 16.3. The molecule has 1 spiro atoms. The molecule has 0 saturated carbocycles. The van der Waals surface area contributed by atoms with Gasteiger partial charge in [-0.15, -0.1) is 0 Å². The zero-order valence-corrected chi connectivity index (χ0v) is 40.3.